The van der Waals surface area contributed by atoms with Crippen LogP contribution < -0.4 is 4.74 Å². The summed E-state index contributed by atoms with van der Waals surface area (Å²) < 4.78 is 5.37. The van der Waals surface area contributed by atoms with Gasteiger partial charge in [-0.05, 0) is 19.1 Å². The Morgan fingerprint density at radius 2 is 2.00 bits per heavy atom. The highest BCUT2D eigenvalue weighted by atomic mass is 16.5. The van der Waals surface area contributed by atoms with E-state index < -0.39 is 5.97 Å². The van der Waals surface area contributed by atoms with Gasteiger partial charge in [0.25, 0.3) is 5.91 Å². The lowest BCUT2D eigenvalue weighted by Crippen LogP contribution is -2.29. The summed E-state index contributed by atoms with van der Waals surface area (Å²) in [6, 6.07) is 6.94. The molecule has 5 nitrogen and oxygen atoms in total. The number of ether oxygens (including phenoxy) is 1. The van der Waals surface area contributed by atoms with Gasteiger partial charge in [-0.3, -0.25) is 9.59 Å². The lowest BCUT2D eigenvalue weighted by atomic mass is 10.1. The quantitative estimate of drug-likeness (QED) is 0.834. The fourth-order valence-electron chi connectivity index (χ4n) is 1.50. The molecule has 0 saturated heterocycles. The van der Waals surface area contributed by atoms with Gasteiger partial charge in [0.05, 0.1) is 18.6 Å². The number of rotatable bonds is 6. The fourth-order valence-corrected chi connectivity index (χ4v) is 1.50. The molecular weight excluding hydrogens is 234 g/mol. The van der Waals surface area contributed by atoms with E-state index in [4.69, 9.17) is 9.84 Å². The molecule has 1 rings (SSSR count). The molecule has 0 spiro atoms. The Morgan fingerprint density at radius 3 is 2.61 bits per heavy atom. The van der Waals surface area contributed by atoms with Crippen molar-refractivity contribution in [3.63, 3.8) is 0 Å². The van der Waals surface area contributed by atoms with Crippen molar-refractivity contribution in [1.29, 1.82) is 0 Å². The van der Waals surface area contributed by atoms with Crippen LogP contribution in [0.1, 0.15) is 23.7 Å². The van der Waals surface area contributed by atoms with Crippen molar-refractivity contribution in [1.82, 2.24) is 4.90 Å². The molecule has 1 N–H and O–H groups in total. The summed E-state index contributed by atoms with van der Waals surface area (Å²) in [4.78, 5) is 24.0. The van der Waals surface area contributed by atoms with Crippen molar-refractivity contribution in [2.75, 3.05) is 20.2 Å². The maximum atomic E-state index is 12.1. The summed E-state index contributed by atoms with van der Waals surface area (Å²) in [6.07, 6.45) is -0.0704. The predicted molar refractivity (Wildman–Crippen MR) is 66.8 cm³/mol. The van der Waals surface area contributed by atoms with Crippen LogP contribution in [0.4, 0.5) is 0 Å². The van der Waals surface area contributed by atoms with E-state index in [9.17, 15) is 9.59 Å². The molecule has 5 heteroatoms. The molecule has 0 atom stereocenters. The number of carbonyl (C=O) groups is 2. The second-order valence-electron chi connectivity index (χ2n) is 3.80. The maximum absolute atomic E-state index is 12.1. The second-order valence-corrected chi connectivity index (χ2v) is 3.80. The van der Waals surface area contributed by atoms with Gasteiger partial charge in [0.2, 0.25) is 0 Å². The van der Waals surface area contributed by atoms with Crippen LogP contribution in [0.25, 0.3) is 0 Å². The zero-order valence-electron chi connectivity index (χ0n) is 10.5. The number of nitrogens with zero attached hydrogens (tertiary/aromatic N) is 1. The zero-order chi connectivity index (χ0) is 13.5. The minimum absolute atomic E-state index is 0.0704. The molecule has 0 radical (unpaired) electrons. The highest BCUT2D eigenvalue weighted by molar-refractivity contribution is 5.96. The SMILES string of the molecule is CCOc1ccccc1C(=O)N(C)CCC(=O)O. The van der Waals surface area contributed by atoms with Gasteiger partial charge >= 0.3 is 5.97 Å². The minimum Gasteiger partial charge on any atom is -0.493 e. The van der Waals surface area contributed by atoms with Crippen LogP contribution in [0.3, 0.4) is 0 Å². The normalized spacial score (nSPS) is 9.89. The van der Waals surface area contributed by atoms with Crippen LogP contribution in [-0.2, 0) is 4.79 Å². The Morgan fingerprint density at radius 1 is 1.33 bits per heavy atom. The molecule has 98 valence electrons. The summed E-state index contributed by atoms with van der Waals surface area (Å²) in [5.74, 6) is -0.639. The van der Waals surface area contributed by atoms with Gasteiger partial charge in [-0.25, -0.2) is 0 Å². The highest BCUT2D eigenvalue weighted by Gasteiger charge is 2.16. The molecule has 1 aromatic carbocycles. The second kappa shape index (κ2) is 6.64. The molecule has 0 unspecified atom stereocenters. The lowest BCUT2D eigenvalue weighted by molar-refractivity contribution is -0.137. The number of hydrogen-bond donors (Lipinski definition) is 1. The number of carbonyl (C=O) groups excluding carboxylic acids is 1. The van der Waals surface area contributed by atoms with Gasteiger partial charge in [0.15, 0.2) is 0 Å². The topological polar surface area (TPSA) is 66.8 Å². The molecule has 0 bridgehead atoms. The first kappa shape index (κ1) is 14.0. The van der Waals surface area contributed by atoms with Gasteiger partial charge in [-0.1, -0.05) is 12.1 Å². The molecule has 0 fully saturated rings. The minimum atomic E-state index is -0.923. The molecule has 0 aliphatic rings. The lowest BCUT2D eigenvalue weighted by Gasteiger charge is -2.18. The predicted octanol–water partition coefficient (Wildman–Crippen LogP) is 1.63. The van der Waals surface area contributed by atoms with Crippen molar-refractivity contribution >= 4 is 11.9 Å². The molecule has 0 aliphatic carbocycles. The smallest absolute Gasteiger partial charge is 0.305 e. The van der Waals surface area contributed by atoms with Gasteiger partial charge in [0, 0.05) is 13.6 Å². The summed E-state index contributed by atoms with van der Waals surface area (Å²) in [6.45, 7) is 2.49. The largest absolute Gasteiger partial charge is 0.493 e. The molecule has 18 heavy (non-hydrogen) atoms. The van der Waals surface area contributed by atoms with Crippen LogP contribution >= 0.6 is 0 Å². The molecular formula is C13H17NO4. The monoisotopic (exact) mass is 251 g/mol. The first-order chi connectivity index (χ1) is 8.56. The van der Waals surface area contributed by atoms with E-state index in [1.807, 2.05) is 6.92 Å². The molecule has 0 saturated carbocycles. The number of carboxylic acids is 1. The Hall–Kier alpha value is -2.04. The van der Waals surface area contributed by atoms with Crippen LogP contribution in [0.5, 0.6) is 5.75 Å². The van der Waals surface area contributed by atoms with Gasteiger partial charge in [-0.2, -0.15) is 0 Å². The summed E-state index contributed by atoms with van der Waals surface area (Å²) in [5.41, 5.74) is 0.451. The molecule has 1 amide bonds. The number of hydrogen-bond acceptors (Lipinski definition) is 3. The van der Waals surface area contributed by atoms with Crippen molar-refractivity contribution in [3.8, 4) is 5.75 Å². The molecule has 0 aliphatic heterocycles. The van der Waals surface area contributed by atoms with Crippen LogP contribution in [0.2, 0.25) is 0 Å². The van der Waals surface area contributed by atoms with E-state index in [1.165, 1.54) is 4.90 Å². The summed E-state index contributed by atoms with van der Waals surface area (Å²) >= 11 is 0. The molecule has 1 aromatic rings. The van der Waals surface area contributed by atoms with Crippen molar-refractivity contribution in [2.45, 2.75) is 13.3 Å². The number of amides is 1. The van der Waals surface area contributed by atoms with Gasteiger partial charge < -0.3 is 14.7 Å². The highest BCUT2D eigenvalue weighted by Crippen LogP contribution is 2.19. The average molecular weight is 251 g/mol. The number of para-hydroxylation sites is 1. The Labute approximate surface area is 106 Å². The number of aliphatic carboxylic acids is 1. The van der Waals surface area contributed by atoms with E-state index in [0.717, 1.165) is 0 Å². The standard InChI is InChI=1S/C13H17NO4/c1-3-18-11-7-5-4-6-10(11)13(17)14(2)9-8-12(15)16/h4-7H,3,8-9H2,1-2H3,(H,15,16). The molecule has 0 aromatic heterocycles. The van der Waals surface area contributed by atoms with Crippen molar-refractivity contribution in [3.05, 3.63) is 29.8 Å². The summed E-state index contributed by atoms with van der Waals surface area (Å²) in [7, 11) is 1.58. The first-order valence-corrected chi connectivity index (χ1v) is 5.75. The third-order valence-electron chi connectivity index (χ3n) is 2.43. The first-order valence-electron chi connectivity index (χ1n) is 5.75. The van der Waals surface area contributed by atoms with Crippen LogP contribution in [-0.4, -0.2) is 42.1 Å². The van der Waals surface area contributed by atoms with Crippen LogP contribution in [0.15, 0.2) is 24.3 Å². The van der Waals surface area contributed by atoms with Gasteiger partial charge in [-0.15, -0.1) is 0 Å². The molecule has 0 heterocycles. The Bertz CT molecular complexity index is 431. The van der Waals surface area contributed by atoms with Gasteiger partial charge in [0.1, 0.15) is 5.75 Å². The third kappa shape index (κ3) is 3.76. The van der Waals surface area contributed by atoms with Crippen molar-refractivity contribution in [2.24, 2.45) is 0 Å². The fraction of sp³-hybridized carbons (Fsp3) is 0.385. The van der Waals surface area contributed by atoms with E-state index in [1.54, 1.807) is 31.3 Å². The van der Waals surface area contributed by atoms with E-state index >= 15 is 0 Å². The zero-order valence-corrected chi connectivity index (χ0v) is 10.5. The maximum Gasteiger partial charge on any atom is 0.305 e. The van der Waals surface area contributed by atoms with E-state index in [-0.39, 0.29) is 18.9 Å². The van der Waals surface area contributed by atoms with E-state index in [0.29, 0.717) is 17.9 Å². The Kier molecular flexibility index (Phi) is 5.17. The number of carboxylic acid groups (broad SMARTS) is 1. The average Bonchev–Trinajstić information content (AvgIpc) is 2.36. The number of benzene rings is 1. The van der Waals surface area contributed by atoms with Crippen molar-refractivity contribution < 1.29 is 19.4 Å². The summed E-state index contributed by atoms with van der Waals surface area (Å²) in [5, 5.41) is 8.59. The van der Waals surface area contributed by atoms with Crippen LogP contribution in [0, 0.1) is 0 Å². The third-order valence-corrected chi connectivity index (χ3v) is 2.43. The Balaban J connectivity index is 2.79. The van der Waals surface area contributed by atoms with E-state index in [2.05, 4.69) is 0 Å².